The van der Waals surface area contributed by atoms with E-state index in [1.807, 2.05) is 36.4 Å². The topological polar surface area (TPSA) is 66.4 Å². The first-order valence-corrected chi connectivity index (χ1v) is 9.16. The van der Waals surface area contributed by atoms with Gasteiger partial charge in [0.05, 0.1) is 5.69 Å². The van der Waals surface area contributed by atoms with E-state index in [0.717, 1.165) is 36.1 Å². The van der Waals surface area contributed by atoms with Gasteiger partial charge in [-0.05, 0) is 24.5 Å². The van der Waals surface area contributed by atoms with Gasteiger partial charge in [-0.25, -0.2) is 4.79 Å². The minimum Gasteiger partial charge on any atom is -0.477 e. The van der Waals surface area contributed by atoms with Gasteiger partial charge in [-0.2, -0.15) is 0 Å². The van der Waals surface area contributed by atoms with E-state index in [-0.39, 0.29) is 5.92 Å². The highest BCUT2D eigenvalue weighted by Gasteiger charge is 2.22. The molecule has 24 heavy (non-hydrogen) atoms. The standard InChI is InChI=1S/C19H21NO3S/c21-16(13-6-4-5-7-13)10-11-20-15-12-17(24-18(15)19(22)23)14-8-2-1-3-9-14/h1-3,8-9,12-13,20H,4-7,10-11H2,(H,22,23). The lowest BCUT2D eigenvalue weighted by Gasteiger charge is -2.09. The van der Waals surface area contributed by atoms with Gasteiger partial charge in [0, 0.05) is 23.8 Å². The maximum absolute atomic E-state index is 12.1. The molecule has 0 radical (unpaired) electrons. The molecule has 0 bridgehead atoms. The van der Waals surface area contributed by atoms with Crippen LogP contribution in [-0.4, -0.2) is 23.4 Å². The number of hydrogen-bond acceptors (Lipinski definition) is 4. The summed E-state index contributed by atoms with van der Waals surface area (Å²) in [5.74, 6) is -0.421. The average Bonchev–Trinajstić information content (AvgIpc) is 3.25. The molecular weight excluding hydrogens is 322 g/mol. The highest BCUT2D eigenvalue weighted by molar-refractivity contribution is 7.18. The summed E-state index contributed by atoms with van der Waals surface area (Å²) < 4.78 is 0. The van der Waals surface area contributed by atoms with Gasteiger partial charge in [0.25, 0.3) is 0 Å². The van der Waals surface area contributed by atoms with Gasteiger partial charge in [-0.1, -0.05) is 43.2 Å². The largest absolute Gasteiger partial charge is 0.477 e. The Kier molecular flexibility index (Phi) is 5.30. The summed E-state index contributed by atoms with van der Waals surface area (Å²) in [6.07, 6.45) is 4.78. The molecule has 1 heterocycles. The van der Waals surface area contributed by atoms with Crippen molar-refractivity contribution in [2.45, 2.75) is 32.1 Å². The van der Waals surface area contributed by atoms with Crippen LogP contribution in [0.5, 0.6) is 0 Å². The van der Waals surface area contributed by atoms with Crippen molar-refractivity contribution in [3.63, 3.8) is 0 Å². The number of anilines is 1. The first-order chi connectivity index (χ1) is 11.6. The van der Waals surface area contributed by atoms with E-state index < -0.39 is 5.97 Å². The zero-order valence-electron chi connectivity index (χ0n) is 13.5. The predicted octanol–water partition coefficient (Wildman–Crippen LogP) is 4.67. The van der Waals surface area contributed by atoms with Crippen LogP contribution in [0, 0.1) is 5.92 Å². The van der Waals surface area contributed by atoms with E-state index in [0.29, 0.717) is 29.3 Å². The molecule has 2 N–H and O–H groups in total. The molecule has 1 aromatic heterocycles. The van der Waals surface area contributed by atoms with Crippen molar-refractivity contribution in [2.24, 2.45) is 5.92 Å². The number of carbonyl (C=O) groups is 2. The number of Topliss-reactive ketones (excluding diaryl/α,β-unsaturated/α-hetero) is 1. The Morgan fingerprint density at radius 2 is 1.88 bits per heavy atom. The molecule has 5 heteroatoms. The van der Waals surface area contributed by atoms with Crippen LogP contribution in [0.25, 0.3) is 10.4 Å². The van der Waals surface area contributed by atoms with Crippen molar-refractivity contribution >= 4 is 28.8 Å². The fraction of sp³-hybridized carbons (Fsp3) is 0.368. The third kappa shape index (κ3) is 3.85. The second kappa shape index (κ2) is 7.62. The molecule has 0 spiro atoms. The summed E-state index contributed by atoms with van der Waals surface area (Å²) in [5, 5.41) is 12.6. The second-order valence-corrected chi connectivity index (χ2v) is 7.20. The fourth-order valence-electron chi connectivity index (χ4n) is 3.20. The molecule has 1 saturated carbocycles. The number of thiophene rings is 1. The van der Waals surface area contributed by atoms with Crippen molar-refractivity contribution in [2.75, 3.05) is 11.9 Å². The monoisotopic (exact) mass is 343 g/mol. The quantitative estimate of drug-likeness (QED) is 0.766. The lowest BCUT2D eigenvalue weighted by Crippen LogP contribution is -2.15. The SMILES string of the molecule is O=C(O)c1sc(-c2ccccc2)cc1NCCC(=O)C1CCCC1. The van der Waals surface area contributed by atoms with E-state index in [1.165, 1.54) is 11.3 Å². The molecule has 0 aliphatic heterocycles. The molecular formula is C19H21NO3S. The van der Waals surface area contributed by atoms with Crippen molar-refractivity contribution in [3.8, 4) is 10.4 Å². The van der Waals surface area contributed by atoms with Crippen molar-refractivity contribution in [1.29, 1.82) is 0 Å². The molecule has 0 saturated heterocycles. The molecule has 0 amide bonds. The minimum absolute atomic E-state index is 0.216. The predicted molar refractivity (Wildman–Crippen MR) is 96.8 cm³/mol. The van der Waals surface area contributed by atoms with E-state index in [2.05, 4.69) is 5.32 Å². The van der Waals surface area contributed by atoms with Crippen molar-refractivity contribution in [3.05, 3.63) is 41.3 Å². The Morgan fingerprint density at radius 1 is 1.17 bits per heavy atom. The average molecular weight is 343 g/mol. The van der Waals surface area contributed by atoms with Gasteiger partial charge in [0.1, 0.15) is 10.7 Å². The Hall–Kier alpha value is -2.14. The fourth-order valence-corrected chi connectivity index (χ4v) is 4.18. The summed E-state index contributed by atoms with van der Waals surface area (Å²) in [6.45, 7) is 0.487. The van der Waals surface area contributed by atoms with Gasteiger partial charge >= 0.3 is 5.97 Å². The molecule has 1 fully saturated rings. The lowest BCUT2D eigenvalue weighted by molar-refractivity contribution is -0.122. The molecule has 4 nitrogen and oxygen atoms in total. The highest BCUT2D eigenvalue weighted by atomic mass is 32.1. The first kappa shape index (κ1) is 16.7. The van der Waals surface area contributed by atoms with Crippen LogP contribution in [0.2, 0.25) is 0 Å². The van der Waals surface area contributed by atoms with Crippen molar-refractivity contribution < 1.29 is 14.7 Å². The highest BCUT2D eigenvalue weighted by Crippen LogP contribution is 2.35. The number of carboxylic acids is 1. The van der Waals surface area contributed by atoms with Crippen LogP contribution in [0.1, 0.15) is 41.8 Å². The van der Waals surface area contributed by atoms with Gasteiger partial charge in [-0.15, -0.1) is 11.3 Å². The van der Waals surface area contributed by atoms with Crippen LogP contribution >= 0.6 is 11.3 Å². The third-order valence-electron chi connectivity index (χ3n) is 4.48. The Balaban J connectivity index is 1.67. The summed E-state index contributed by atoms with van der Waals surface area (Å²) in [4.78, 5) is 24.8. The number of ketones is 1. The van der Waals surface area contributed by atoms with E-state index in [4.69, 9.17) is 0 Å². The molecule has 126 valence electrons. The van der Waals surface area contributed by atoms with Gasteiger partial charge < -0.3 is 10.4 Å². The zero-order valence-corrected chi connectivity index (χ0v) is 14.3. The molecule has 1 aromatic carbocycles. The minimum atomic E-state index is -0.938. The maximum atomic E-state index is 12.1. The number of nitrogens with one attached hydrogen (secondary N) is 1. The number of hydrogen-bond donors (Lipinski definition) is 2. The smallest absolute Gasteiger partial charge is 0.348 e. The normalized spacial score (nSPS) is 14.7. The number of rotatable bonds is 7. The van der Waals surface area contributed by atoms with Crippen molar-refractivity contribution in [1.82, 2.24) is 0 Å². The van der Waals surface area contributed by atoms with Crippen LogP contribution in [-0.2, 0) is 4.79 Å². The molecule has 0 atom stereocenters. The molecule has 2 aromatic rings. The Labute approximate surface area is 145 Å². The molecule has 1 aliphatic carbocycles. The Bertz CT molecular complexity index is 717. The zero-order chi connectivity index (χ0) is 16.9. The van der Waals surface area contributed by atoms with Crippen LogP contribution in [0.4, 0.5) is 5.69 Å². The summed E-state index contributed by atoms with van der Waals surface area (Å²) in [6, 6.07) is 11.6. The number of aromatic carboxylic acids is 1. The van der Waals surface area contributed by atoms with E-state index in [9.17, 15) is 14.7 Å². The third-order valence-corrected chi connectivity index (χ3v) is 5.65. The number of carboxylic acid groups (broad SMARTS) is 1. The van der Waals surface area contributed by atoms with Gasteiger partial charge in [0.15, 0.2) is 0 Å². The first-order valence-electron chi connectivity index (χ1n) is 8.34. The molecule has 1 aliphatic rings. The second-order valence-electron chi connectivity index (χ2n) is 6.15. The van der Waals surface area contributed by atoms with E-state index >= 15 is 0 Å². The van der Waals surface area contributed by atoms with E-state index in [1.54, 1.807) is 0 Å². The molecule has 3 rings (SSSR count). The summed E-state index contributed by atoms with van der Waals surface area (Å²) >= 11 is 1.26. The van der Waals surface area contributed by atoms with Gasteiger partial charge in [-0.3, -0.25) is 4.79 Å². The molecule has 0 unspecified atom stereocenters. The Morgan fingerprint density at radius 3 is 2.54 bits per heavy atom. The summed E-state index contributed by atoms with van der Waals surface area (Å²) in [5.41, 5.74) is 1.60. The number of carbonyl (C=O) groups excluding carboxylic acids is 1. The number of benzene rings is 1. The summed E-state index contributed by atoms with van der Waals surface area (Å²) in [7, 11) is 0. The van der Waals surface area contributed by atoms with Crippen LogP contribution in [0.3, 0.4) is 0 Å². The van der Waals surface area contributed by atoms with Crippen LogP contribution < -0.4 is 5.32 Å². The van der Waals surface area contributed by atoms with Crippen LogP contribution in [0.15, 0.2) is 36.4 Å². The van der Waals surface area contributed by atoms with Gasteiger partial charge in [0.2, 0.25) is 0 Å². The maximum Gasteiger partial charge on any atom is 0.348 e. The lowest BCUT2D eigenvalue weighted by atomic mass is 10.0.